The largest absolute Gasteiger partial charge is 0.508 e. The van der Waals surface area contributed by atoms with Crippen molar-refractivity contribution in [2.75, 3.05) is 11.4 Å². The molecule has 9 heteroatoms. The van der Waals surface area contributed by atoms with E-state index in [2.05, 4.69) is 4.99 Å². The molecule has 0 bridgehead atoms. The number of carboxylic acid groups (broad SMARTS) is 1. The van der Waals surface area contributed by atoms with Gasteiger partial charge in [0.05, 0.1) is 11.4 Å². The molecule has 0 fully saturated rings. The van der Waals surface area contributed by atoms with Crippen molar-refractivity contribution < 1.29 is 24.6 Å². The number of hydrogen-bond acceptors (Lipinski definition) is 5. The van der Waals surface area contributed by atoms with E-state index >= 15 is 0 Å². The Kier molecular flexibility index (Phi) is 5.84. The molecule has 0 spiro atoms. The summed E-state index contributed by atoms with van der Waals surface area (Å²) in [6.45, 7) is -0.595. The summed E-state index contributed by atoms with van der Waals surface area (Å²) in [5.41, 5.74) is 6.90. The monoisotopic (exact) mass is 415 g/mol. The summed E-state index contributed by atoms with van der Waals surface area (Å²) in [4.78, 5) is 41.4. The van der Waals surface area contributed by atoms with Gasteiger partial charge in [-0.2, -0.15) is 0 Å². The van der Waals surface area contributed by atoms with E-state index in [1.54, 1.807) is 24.3 Å². The zero-order valence-corrected chi connectivity index (χ0v) is 16.0. The molecule has 3 rings (SSSR count). The number of benzene rings is 2. The minimum Gasteiger partial charge on any atom is -0.508 e. The maximum Gasteiger partial charge on any atom is 0.323 e. The molecule has 29 heavy (non-hydrogen) atoms. The fraction of sp³-hybridized carbons (Fsp3) is 0.200. The summed E-state index contributed by atoms with van der Waals surface area (Å²) in [6, 6.07) is 10.0. The van der Waals surface area contributed by atoms with Gasteiger partial charge in [0.1, 0.15) is 18.3 Å². The maximum absolute atomic E-state index is 13.1. The number of aliphatic imine (C=N–C) groups is 1. The smallest absolute Gasteiger partial charge is 0.323 e. The van der Waals surface area contributed by atoms with E-state index in [0.717, 1.165) is 4.90 Å². The Morgan fingerprint density at radius 3 is 2.62 bits per heavy atom. The average molecular weight is 416 g/mol. The molecule has 2 amide bonds. The normalized spacial score (nSPS) is 16.0. The lowest BCUT2D eigenvalue weighted by molar-refractivity contribution is -0.136. The number of amides is 2. The summed E-state index contributed by atoms with van der Waals surface area (Å²) in [5, 5.41) is 19.5. The molecule has 4 N–H and O–H groups in total. The summed E-state index contributed by atoms with van der Waals surface area (Å²) >= 11 is 6.11. The predicted molar refractivity (Wildman–Crippen MR) is 107 cm³/mol. The minimum absolute atomic E-state index is 0.00682. The zero-order chi connectivity index (χ0) is 21.1. The molecule has 1 aliphatic rings. The van der Waals surface area contributed by atoms with E-state index in [-0.39, 0.29) is 24.3 Å². The van der Waals surface area contributed by atoms with Crippen LogP contribution in [-0.2, 0) is 14.4 Å². The van der Waals surface area contributed by atoms with Crippen molar-refractivity contribution in [2.45, 2.75) is 18.9 Å². The topological polar surface area (TPSA) is 133 Å². The van der Waals surface area contributed by atoms with Crippen LogP contribution in [0.4, 0.5) is 5.69 Å². The van der Waals surface area contributed by atoms with Gasteiger partial charge >= 0.3 is 5.97 Å². The fourth-order valence-electron chi connectivity index (χ4n) is 3.16. The van der Waals surface area contributed by atoms with Crippen molar-refractivity contribution >= 4 is 40.8 Å². The lowest BCUT2D eigenvalue weighted by Crippen LogP contribution is -2.41. The number of anilines is 1. The van der Waals surface area contributed by atoms with Gasteiger partial charge in [-0.15, -0.1) is 0 Å². The summed E-state index contributed by atoms with van der Waals surface area (Å²) in [7, 11) is 0. The number of halogens is 1. The van der Waals surface area contributed by atoms with E-state index in [0.29, 0.717) is 21.9 Å². The number of aromatic hydroxyl groups is 1. The summed E-state index contributed by atoms with van der Waals surface area (Å²) in [6.07, 6.45) is -0.0699. The maximum atomic E-state index is 13.1. The van der Waals surface area contributed by atoms with E-state index in [4.69, 9.17) is 17.3 Å². The van der Waals surface area contributed by atoms with Gasteiger partial charge in [-0.3, -0.25) is 24.3 Å². The van der Waals surface area contributed by atoms with Crippen LogP contribution in [0.3, 0.4) is 0 Å². The van der Waals surface area contributed by atoms with Gasteiger partial charge in [-0.05, 0) is 36.8 Å². The lowest BCUT2D eigenvalue weighted by Gasteiger charge is -2.23. The molecular weight excluding hydrogens is 398 g/mol. The van der Waals surface area contributed by atoms with Crippen molar-refractivity contribution in [3.05, 3.63) is 58.6 Å². The van der Waals surface area contributed by atoms with Crippen molar-refractivity contribution in [2.24, 2.45) is 10.7 Å². The summed E-state index contributed by atoms with van der Waals surface area (Å²) in [5.74, 6) is -2.38. The molecule has 0 radical (unpaired) electrons. The highest BCUT2D eigenvalue weighted by atomic mass is 35.5. The first-order valence-corrected chi connectivity index (χ1v) is 9.12. The first-order chi connectivity index (χ1) is 13.8. The van der Waals surface area contributed by atoms with Crippen LogP contribution in [0.25, 0.3) is 0 Å². The van der Waals surface area contributed by atoms with Gasteiger partial charge in [-0.25, -0.2) is 0 Å². The second-order valence-electron chi connectivity index (χ2n) is 6.53. The number of carbonyl (C=O) groups is 3. The van der Waals surface area contributed by atoms with Gasteiger partial charge in [-0.1, -0.05) is 23.7 Å². The number of carboxylic acids is 1. The second kappa shape index (κ2) is 8.32. The van der Waals surface area contributed by atoms with Gasteiger partial charge in [0, 0.05) is 22.6 Å². The van der Waals surface area contributed by atoms with Crippen LogP contribution in [0, 0.1) is 0 Å². The van der Waals surface area contributed by atoms with Crippen LogP contribution >= 0.6 is 11.6 Å². The Balaban J connectivity index is 2.22. The van der Waals surface area contributed by atoms with Crippen molar-refractivity contribution in [1.82, 2.24) is 0 Å². The third-order valence-electron chi connectivity index (χ3n) is 4.42. The number of nitrogens with zero attached hydrogens (tertiary/aromatic N) is 2. The molecular formula is C20H18ClN3O5. The van der Waals surface area contributed by atoms with Crippen LogP contribution in [0.2, 0.25) is 5.02 Å². The van der Waals surface area contributed by atoms with Gasteiger partial charge in [0.15, 0.2) is 0 Å². The third kappa shape index (κ3) is 4.55. The number of fused-ring (bicyclic) bond motifs is 1. The lowest BCUT2D eigenvalue weighted by atomic mass is 10.00. The second-order valence-corrected chi connectivity index (χ2v) is 6.96. The molecule has 0 saturated heterocycles. The number of hydrogen-bond donors (Lipinski definition) is 3. The highest BCUT2D eigenvalue weighted by Gasteiger charge is 2.33. The molecule has 0 saturated carbocycles. The highest BCUT2D eigenvalue weighted by Crippen LogP contribution is 2.32. The van der Waals surface area contributed by atoms with Crippen LogP contribution in [0.15, 0.2) is 47.5 Å². The van der Waals surface area contributed by atoms with E-state index < -0.39 is 30.4 Å². The molecule has 2 aromatic rings. The molecule has 8 nitrogen and oxygen atoms in total. The molecule has 1 unspecified atom stereocenters. The summed E-state index contributed by atoms with van der Waals surface area (Å²) < 4.78 is 0. The van der Waals surface area contributed by atoms with Crippen molar-refractivity contribution in [3.63, 3.8) is 0 Å². The third-order valence-corrected chi connectivity index (χ3v) is 4.65. The molecule has 0 aromatic heterocycles. The number of nitrogens with two attached hydrogens (primary N) is 1. The highest BCUT2D eigenvalue weighted by molar-refractivity contribution is 6.31. The van der Waals surface area contributed by atoms with Crippen LogP contribution in [0.5, 0.6) is 5.75 Å². The first kappa shape index (κ1) is 20.3. The number of primary amides is 1. The Hall–Kier alpha value is -3.39. The number of phenols is 1. The number of phenolic OH excluding ortho intramolecular Hbond substituents is 1. The van der Waals surface area contributed by atoms with Crippen molar-refractivity contribution in [3.8, 4) is 5.75 Å². The van der Waals surface area contributed by atoms with Crippen LogP contribution in [0.1, 0.15) is 24.0 Å². The molecule has 150 valence electrons. The number of carbonyl (C=O) groups excluding carboxylic acids is 2. The fourth-order valence-corrected chi connectivity index (χ4v) is 3.32. The van der Waals surface area contributed by atoms with E-state index in [9.17, 15) is 24.6 Å². The standard InChI is InChI=1S/C20H18ClN3O5/c21-12-4-5-14-16(9-12)24(10-18(27)28)20(29)15(6-7-17(22)26)23-19(14)11-2-1-3-13(25)8-11/h1-5,8-9,15,25H,6-7,10H2,(H2,22,26)(H,27,28). The Labute approximate surface area is 171 Å². The Morgan fingerprint density at radius 1 is 1.21 bits per heavy atom. The molecule has 1 atom stereocenters. The average Bonchev–Trinajstić information content (AvgIpc) is 2.75. The number of benzodiazepines with no additional fused rings is 1. The van der Waals surface area contributed by atoms with Gasteiger partial charge < -0.3 is 15.9 Å². The van der Waals surface area contributed by atoms with Gasteiger partial charge in [0.25, 0.3) is 5.91 Å². The van der Waals surface area contributed by atoms with E-state index in [1.165, 1.54) is 18.2 Å². The molecule has 1 aliphatic heterocycles. The Morgan fingerprint density at radius 2 is 1.97 bits per heavy atom. The Bertz CT molecular complexity index is 1020. The van der Waals surface area contributed by atoms with Crippen LogP contribution < -0.4 is 10.6 Å². The zero-order valence-electron chi connectivity index (χ0n) is 15.2. The van der Waals surface area contributed by atoms with Gasteiger partial charge in [0.2, 0.25) is 5.91 Å². The number of rotatable bonds is 6. The van der Waals surface area contributed by atoms with Crippen LogP contribution in [-0.4, -0.2) is 46.3 Å². The first-order valence-electron chi connectivity index (χ1n) is 8.75. The van der Waals surface area contributed by atoms with Crippen molar-refractivity contribution in [1.29, 1.82) is 0 Å². The molecule has 2 aromatic carbocycles. The van der Waals surface area contributed by atoms with E-state index in [1.807, 2.05) is 0 Å². The number of aliphatic carboxylic acids is 1. The molecule has 1 heterocycles. The molecule has 0 aliphatic carbocycles. The SMILES string of the molecule is NC(=O)CCC1N=C(c2cccc(O)c2)c2ccc(Cl)cc2N(CC(=O)O)C1=O. The quantitative estimate of drug-likeness (QED) is 0.663. The predicted octanol–water partition coefficient (Wildman–Crippen LogP) is 1.95. The minimum atomic E-state index is -1.21.